The molecule has 1 aliphatic heterocycles. The van der Waals surface area contributed by atoms with Gasteiger partial charge in [0.1, 0.15) is 6.54 Å². The molecule has 0 bridgehead atoms. The predicted octanol–water partition coefficient (Wildman–Crippen LogP) is 6.14. The van der Waals surface area contributed by atoms with Gasteiger partial charge in [0.05, 0.1) is 15.9 Å². The van der Waals surface area contributed by atoms with Gasteiger partial charge in [-0.2, -0.15) is 0 Å². The van der Waals surface area contributed by atoms with Gasteiger partial charge in [0, 0.05) is 39.0 Å². The number of rotatable bonds is 8. The summed E-state index contributed by atoms with van der Waals surface area (Å²) in [4.78, 5) is 50.6. The number of amides is 2. The fourth-order valence-corrected chi connectivity index (χ4v) is 5.62. The van der Waals surface area contributed by atoms with Crippen molar-refractivity contribution in [1.82, 2.24) is 9.47 Å². The van der Waals surface area contributed by atoms with Gasteiger partial charge >= 0.3 is 5.97 Å². The fraction of sp³-hybridized carbons (Fsp3) is 0.222. The summed E-state index contributed by atoms with van der Waals surface area (Å²) in [5, 5.41) is 10.3. The Bertz CT molecular complexity index is 1440. The smallest absolute Gasteiger partial charge is 0.326 e. The van der Waals surface area contributed by atoms with Crippen molar-refractivity contribution in [3.63, 3.8) is 0 Å². The maximum absolute atomic E-state index is 12.8. The molecule has 0 atom stereocenters. The third kappa shape index (κ3) is 6.00. The number of imide groups is 1. The van der Waals surface area contributed by atoms with Crippen molar-refractivity contribution >= 4 is 52.4 Å². The van der Waals surface area contributed by atoms with Crippen LogP contribution in [0.25, 0.3) is 11.8 Å². The minimum atomic E-state index is -0.628. The Labute approximate surface area is 228 Å². The van der Waals surface area contributed by atoms with E-state index >= 15 is 0 Å². The molecule has 196 valence electrons. The largest absolute Gasteiger partial charge is 0.462 e. The van der Waals surface area contributed by atoms with Crippen LogP contribution in [0.2, 0.25) is 0 Å². The summed E-state index contributed by atoms with van der Waals surface area (Å²) in [7, 11) is 0. The topological polar surface area (TPSA) is 112 Å². The molecule has 38 heavy (non-hydrogen) atoms. The standard InChI is InChI=1S/C27H25N3O6S2/c1-16(2)36-25(31)15-28-26(32)24(38-27(28)33)14-19-13-17(3)29(18(19)4)20-5-9-22(10-6-20)37-23-11-7-21(8-12-23)30(34)35/h5-14,16H,15H2,1-4H3/b24-14-. The van der Waals surface area contributed by atoms with Crippen LogP contribution >= 0.6 is 23.5 Å². The molecule has 1 aromatic heterocycles. The number of thioether (sulfide) groups is 1. The van der Waals surface area contributed by atoms with E-state index in [0.717, 1.165) is 49.1 Å². The molecule has 9 nitrogen and oxygen atoms in total. The van der Waals surface area contributed by atoms with Crippen molar-refractivity contribution in [2.45, 2.75) is 43.6 Å². The normalized spacial score (nSPS) is 14.6. The molecule has 0 spiro atoms. The molecule has 1 saturated heterocycles. The van der Waals surface area contributed by atoms with Crippen molar-refractivity contribution in [2.24, 2.45) is 0 Å². The first-order valence-corrected chi connectivity index (χ1v) is 13.3. The molecule has 3 aromatic rings. The van der Waals surface area contributed by atoms with Crippen LogP contribution in [0.15, 0.2) is 69.3 Å². The fourth-order valence-electron chi connectivity index (χ4n) is 3.97. The molecule has 2 amide bonds. The highest BCUT2D eigenvalue weighted by atomic mass is 32.2. The van der Waals surface area contributed by atoms with Gasteiger partial charge < -0.3 is 9.30 Å². The van der Waals surface area contributed by atoms with Gasteiger partial charge in [-0.25, -0.2) is 0 Å². The number of aromatic nitrogens is 1. The monoisotopic (exact) mass is 551 g/mol. The number of nitro groups is 1. The van der Waals surface area contributed by atoms with Gasteiger partial charge in [0.15, 0.2) is 0 Å². The molecule has 0 unspecified atom stereocenters. The number of non-ortho nitro benzene ring substituents is 1. The van der Waals surface area contributed by atoms with Gasteiger partial charge in [0.25, 0.3) is 16.8 Å². The minimum Gasteiger partial charge on any atom is -0.462 e. The molecule has 4 rings (SSSR count). The van der Waals surface area contributed by atoms with Gasteiger partial charge in [-0.05, 0) is 93.6 Å². The molecule has 2 heterocycles. The lowest BCUT2D eigenvalue weighted by Crippen LogP contribution is -2.35. The molecule has 0 radical (unpaired) electrons. The van der Waals surface area contributed by atoms with Gasteiger partial charge in [-0.15, -0.1) is 0 Å². The number of aryl methyl sites for hydroxylation is 1. The second-order valence-corrected chi connectivity index (χ2v) is 11.0. The van der Waals surface area contributed by atoms with E-state index in [1.807, 2.05) is 44.2 Å². The number of carbonyl (C=O) groups is 3. The quantitative estimate of drug-likeness (QED) is 0.142. The predicted molar refractivity (Wildman–Crippen MR) is 146 cm³/mol. The zero-order valence-corrected chi connectivity index (χ0v) is 22.8. The SMILES string of the molecule is Cc1cc(/C=C2\SC(=O)N(CC(=O)OC(C)C)C2=O)c(C)n1-c1ccc(Sc2ccc([N+](=O)[O-])cc2)cc1. The lowest BCUT2D eigenvalue weighted by molar-refractivity contribution is -0.384. The van der Waals surface area contributed by atoms with Crippen molar-refractivity contribution in [1.29, 1.82) is 0 Å². The van der Waals surface area contributed by atoms with Gasteiger partial charge in [0.2, 0.25) is 0 Å². The Morgan fingerprint density at radius 3 is 2.26 bits per heavy atom. The van der Waals surface area contributed by atoms with Crippen LogP contribution < -0.4 is 0 Å². The Balaban J connectivity index is 1.51. The molecule has 0 saturated carbocycles. The lowest BCUT2D eigenvalue weighted by Gasteiger charge is -2.13. The second-order valence-electron chi connectivity index (χ2n) is 8.82. The number of ether oxygens (including phenoxy) is 1. The Hall–Kier alpha value is -3.83. The average Bonchev–Trinajstić information content (AvgIpc) is 3.28. The van der Waals surface area contributed by atoms with Gasteiger partial charge in [-0.1, -0.05) is 11.8 Å². The maximum Gasteiger partial charge on any atom is 0.326 e. The first kappa shape index (κ1) is 27.2. The first-order valence-electron chi connectivity index (χ1n) is 11.7. The van der Waals surface area contributed by atoms with Crippen LogP contribution in [-0.4, -0.2) is 44.2 Å². The van der Waals surface area contributed by atoms with E-state index in [-0.39, 0.29) is 16.7 Å². The lowest BCUT2D eigenvalue weighted by atomic mass is 10.2. The van der Waals surface area contributed by atoms with Crippen molar-refractivity contribution in [3.8, 4) is 5.69 Å². The van der Waals surface area contributed by atoms with E-state index in [0.29, 0.717) is 0 Å². The third-order valence-electron chi connectivity index (χ3n) is 5.66. The van der Waals surface area contributed by atoms with E-state index in [1.165, 1.54) is 23.9 Å². The summed E-state index contributed by atoms with van der Waals surface area (Å²) in [6.07, 6.45) is 1.34. The van der Waals surface area contributed by atoms with Crippen LogP contribution in [0.1, 0.15) is 30.8 Å². The van der Waals surface area contributed by atoms with E-state index < -0.39 is 28.6 Å². The van der Waals surface area contributed by atoms with Crippen molar-refractivity contribution in [3.05, 3.63) is 86.6 Å². The molecule has 2 aromatic carbocycles. The number of hydrogen-bond acceptors (Lipinski definition) is 8. The molecule has 1 fully saturated rings. The highest BCUT2D eigenvalue weighted by Crippen LogP contribution is 2.34. The summed E-state index contributed by atoms with van der Waals surface area (Å²) in [6.45, 7) is 6.88. The molecule has 1 aliphatic rings. The van der Waals surface area contributed by atoms with E-state index in [1.54, 1.807) is 32.1 Å². The highest BCUT2D eigenvalue weighted by molar-refractivity contribution is 8.18. The zero-order valence-electron chi connectivity index (χ0n) is 21.2. The summed E-state index contributed by atoms with van der Waals surface area (Å²) < 4.78 is 7.11. The first-order chi connectivity index (χ1) is 18.0. The molecule has 11 heteroatoms. The molecular weight excluding hydrogens is 526 g/mol. The van der Waals surface area contributed by atoms with E-state index in [4.69, 9.17) is 4.74 Å². The van der Waals surface area contributed by atoms with Gasteiger partial charge in [-0.3, -0.25) is 29.4 Å². The van der Waals surface area contributed by atoms with E-state index in [2.05, 4.69) is 4.57 Å². The summed E-state index contributed by atoms with van der Waals surface area (Å²) >= 11 is 2.31. The average molecular weight is 552 g/mol. The van der Waals surface area contributed by atoms with Crippen LogP contribution in [0.5, 0.6) is 0 Å². The van der Waals surface area contributed by atoms with Crippen LogP contribution in [-0.2, 0) is 14.3 Å². The minimum absolute atomic E-state index is 0.0532. The van der Waals surface area contributed by atoms with Crippen molar-refractivity contribution in [2.75, 3.05) is 6.54 Å². The van der Waals surface area contributed by atoms with Crippen LogP contribution in [0.4, 0.5) is 10.5 Å². The second kappa shape index (κ2) is 11.3. The summed E-state index contributed by atoms with van der Waals surface area (Å²) in [5.74, 6) is -1.14. The third-order valence-corrected chi connectivity index (χ3v) is 7.59. The number of nitro benzene ring substituents is 1. The Morgan fingerprint density at radius 2 is 1.68 bits per heavy atom. The Kier molecular flexibility index (Phi) is 8.08. The number of carbonyl (C=O) groups excluding carboxylic acids is 3. The number of nitrogens with zero attached hydrogens (tertiary/aromatic N) is 3. The zero-order chi connectivity index (χ0) is 27.6. The number of hydrogen-bond donors (Lipinski definition) is 0. The molecular formula is C27H25N3O6S2. The van der Waals surface area contributed by atoms with E-state index in [9.17, 15) is 24.5 Å². The maximum atomic E-state index is 12.8. The number of esters is 1. The highest BCUT2D eigenvalue weighted by Gasteiger charge is 2.37. The summed E-state index contributed by atoms with van der Waals surface area (Å²) in [5.41, 5.74) is 3.62. The van der Waals surface area contributed by atoms with Crippen molar-refractivity contribution < 1.29 is 24.0 Å². The molecule has 0 aliphatic carbocycles. The summed E-state index contributed by atoms with van der Waals surface area (Å²) in [6, 6.07) is 16.3. The molecule has 0 N–H and O–H groups in total. The van der Waals surface area contributed by atoms with Crippen LogP contribution in [0, 0.1) is 24.0 Å². The van der Waals surface area contributed by atoms with Crippen LogP contribution in [0.3, 0.4) is 0 Å². The Morgan fingerprint density at radius 1 is 1.08 bits per heavy atom. The number of benzene rings is 2.